The molecule has 2 aliphatic carbocycles. The minimum Gasteiger partial charge on any atom is -0.507 e. The molecule has 3 aromatic rings. The van der Waals surface area contributed by atoms with Crippen molar-refractivity contribution in [3.8, 4) is 28.0 Å². The van der Waals surface area contributed by atoms with Crippen molar-refractivity contribution in [1.29, 1.82) is 0 Å². The highest BCUT2D eigenvalue weighted by Gasteiger charge is 2.47. The van der Waals surface area contributed by atoms with E-state index < -0.39 is 0 Å². The lowest BCUT2D eigenvalue weighted by atomic mass is 9.91. The highest BCUT2D eigenvalue weighted by molar-refractivity contribution is 5.88. The lowest BCUT2D eigenvalue weighted by Gasteiger charge is -2.14. The summed E-state index contributed by atoms with van der Waals surface area (Å²) >= 11 is 0. The number of benzene rings is 3. The molecular formula is C27H30O2. The van der Waals surface area contributed by atoms with Gasteiger partial charge < -0.3 is 10.2 Å². The van der Waals surface area contributed by atoms with Gasteiger partial charge in [0.15, 0.2) is 0 Å². The van der Waals surface area contributed by atoms with Gasteiger partial charge in [-0.25, -0.2) is 0 Å². The predicted molar refractivity (Wildman–Crippen MR) is 120 cm³/mol. The Kier molecular flexibility index (Phi) is 5.47. The van der Waals surface area contributed by atoms with Gasteiger partial charge in [0.25, 0.3) is 0 Å². The molecule has 3 aromatic carbocycles. The molecule has 2 aliphatic rings. The van der Waals surface area contributed by atoms with Gasteiger partial charge in [0, 0.05) is 5.56 Å². The second-order valence-electron chi connectivity index (χ2n) is 8.69. The third-order valence-electron chi connectivity index (χ3n) is 6.39. The molecule has 3 atom stereocenters. The summed E-state index contributed by atoms with van der Waals surface area (Å²) in [4.78, 5) is 0. The number of hydrogen-bond donors (Lipinski definition) is 2. The number of fused-ring (bicyclic) bond motifs is 1. The molecule has 150 valence electrons. The van der Waals surface area contributed by atoms with Gasteiger partial charge in [0.2, 0.25) is 0 Å². The van der Waals surface area contributed by atoms with Crippen LogP contribution in [0.25, 0.3) is 22.3 Å². The molecule has 2 saturated carbocycles. The summed E-state index contributed by atoms with van der Waals surface area (Å²) in [5.74, 6) is 2.04. The lowest BCUT2D eigenvalue weighted by Crippen LogP contribution is -2.02. The summed E-state index contributed by atoms with van der Waals surface area (Å²) in [7, 11) is 0. The van der Waals surface area contributed by atoms with E-state index in [-0.39, 0.29) is 6.10 Å². The highest BCUT2D eigenvalue weighted by Crippen LogP contribution is 2.51. The topological polar surface area (TPSA) is 40.5 Å². The second-order valence-corrected chi connectivity index (χ2v) is 8.69. The first-order valence-corrected chi connectivity index (χ1v) is 10.6. The van der Waals surface area contributed by atoms with E-state index in [4.69, 9.17) is 5.11 Å². The molecule has 5 rings (SSSR count). The Morgan fingerprint density at radius 2 is 1.31 bits per heavy atom. The van der Waals surface area contributed by atoms with Gasteiger partial charge in [0.1, 0.15) is 5.75 Å². The second kappa shape index (κ2) is 8.04. The number of phenols is 1. The molecule has 2 fully saturated rings. The number of aliphatic hydroxyl groups is 1. The molecule has 2 N–H and O–H groups in total. The monoisotopic (exact) mass is 386 g/mol. The molecule has 0 aromatic heterocycles. The van der Waals surface area contributed by atoms with E-state index in [1.165, 1.54) is 24.0 Å². The van der Waals surface area contributed by atoms with Crippen LogP contribution in [0.1, 0.15) is 36.0 Å². The zero-order valence-electron chi connectivity index (χ0n) is 17.5. The van der Waals surface area contributed by atoms with Crippen molar-refractivity contribution in [3.05, 3.63) is 77.4 Å². The fraction of sp³-hybridized carbons (Fsp3) is 0.333. The van der Waals surface area contributed by atoms with Crippen molar-refractivity contribution < 1.29 is 10.2 Å². The van der Waals surface area contributed by atoms with E-state index >= 15 is 0 Å². The number of rotatable bonds is 2. The maximum absolute atomic E-state index is 10.6. The van der Waals surface area contributed by atoms with Crippen LogP contribution in [0.4, 0.5) is 0 Å². The summed E-state index contributed by atoms with van der Waals surface area (Å²) in [5, 5.41) is 19.7. The molecule has 0 heterocycles. The van der Waals surface area contributed by atoms with Crippen LogP contribution in [0.15, 0.2) is 60.7 Å². The van der Waals surface area contributed by atoms with Gasteiger partial charge in [0.05, 0.1) is 6.10 Å². The van der Waals surface area contributed by atoms with Gasteiger partial charge >= 0.3 is 0 Å². The first kappa shape index (κ1) is 19.7. The normalized spacial score (nSPS) is 21.9. The number of phenolic OH excluding ortho intramolecular Hbond substituents is 1. The molecule has 2 nitrogen and oxygen atoms in total. The van der Waals surface area contributed by atoms with E-state index in [1.807, 2.05) is 13.0 Å². The average Bonchev–Trinajstić information content (AvgIpc) is 3.42. The Balaban J connectivity index is 0.000000243. The standard InChI is InChI=1S/C21H20O.C6H10O/c1-14-4-9-17(10-5-14)19-13-8-16(3)21(22)20(19)18-11-6-15(2)7-12-18;7-6-2-1-4-3-5(4)6/h4-13,22H,1-3H3;4-7H,1-3H2. The van der Waals surface area contributed by atoms with Gasteiger partial charge in [-0.2, -0.15) is 0 Å². The van der Waals surface area contributed by atoms with Crippen molar-refractivity contribution in [2.45, 2.75) is 46.1 Å². The van der Waals surface area contributed by atoms with Crippen molar-refractivity contribution >= 4 is 0 Å². The molecule has 0 aliphatic heterocycles. The molecule has 0 spiro atoms. The number of hydrogen-bond acceptors (Lipinski definition) is 2. The fourth-order valence-electron chi connectivity index (χ4n) is 4.35. The first-order chi connectivity index (χ1) is 13.9. The minimum atomic E-state index is 0.0880. The minimum absolute atomic E-state index is 0.0880. The summed E-state index contributed by atoms with van der Waals surface area (Å²) in [5.41, 5.74) is 7.48. The lowest BCUT2D eigenvalue weighted by molar-refractivity contribution is 0.159. The largest absolute Gasteiger partial charge is 0.507 e. The summed E-state index contributed by atoms with van der Waals surface area (Å²) < 4.78 is 0. The Hall–Kier alpha value is -2.58. The van der Waals surface area contributed by atoms with Crippen LogP contribution in [0.5, 0.6) is 5.75 Å². The van der Waals surface area contributed by atoms with Crippen LogP contribution in [0.2, 0.25) is 0 Å². The molecule has 0 bridgehead atoms. The quantitative estimate of drug-likeness (QED) is 0.533. The van der Waals surface area contributed by atoms with Crippen LogP contribution in [0.3, 0.4) is 0 Å². The van der Waals surface area contributed by atoms with Crippen LogP contribution in [-0.4, -0.2) is 16.3 Å². The van der Waals surface area contributed by atoms with Gasteiger partial charge in [-0.15, -0.1) is 0 Å². The van der Waals surface area contributed by atoms with E-state index in [2.05, 4.69) is 68.4 Å². The summed E-state index contributed by atoms with van der Waals surface area (Å²) in [6.45, 7) is 6.09. The maximum Gasteiger partial charge on any atom is 0.126 e. The summed E-state index contributed by atoms with van der Waals surface area (Å²) in [6, 6.07) is 20.8. The third-order valence-corrected chi connectivity index (χ3v) is 6.39. The zero-order valence-corrected chi connectivity index (χ0v) is 17.5. The molecule has 0 radical (unpaired) electrons. The number of aromatic hydroxyl groups is 1. The Morgan fingerprint density at radius 1 is 0.724 bits per heavy atom. The molecular weight excluding hydrogens is 356 g/mol. The van der Waals surface area contributed by atoms with E-state index in [1.54, 1.807) is 0 Å². The molecule has 3 unspecified atom stereocenters. The van der Waals surface area contributed by atoms with Crippen LogP contribution in [-0.2, 0) is 0 Å². The van der Waals surface area contributed by atoms with E-state index in [0.29, 0.717) is 5.75 Å². The van der Waals surface area contributed by atoms with Crippen molar-refractivity contribution in [2.75, 3.05) is 0 Å². The first-order valence-electron chi connectivity index (χ1n) is 10.6. The summed E-state index contributed by atoms with van der Waals surface area (Å²) in [6.07, 6.45) is 3.78. The number of aryl methyl sites for hydroxylation is 3. The Labute approximate surface area is 173 Å². The SMILES string of the molecule is Cc1ccc(-c2ccc(C)c(O)c2-c2ccc(C)cc2)cc1.OC1CCC2CC12. The smallest absolute Gasteiger partial charge is 0.126 e. The highest BCUT2D eigenvalue weighted by atomic mass is 16.3. The fourth-order valence-corrected chi connectivity index (χ4v) is 4.35. The van der Waals surface area contributed by atoms with E-state index in [0.717, 1.165) is 46.1 Å². The van der Waals surface area contributed by atoms with Crippen molar-refractivity contribution in [1.82, 2.24) is 0 Å². The van der Waals surface area contributed by atoms with Crippen LogP contribution in [0, 0.1) is 32.6 Å². The van der Waals surface area contributed by atoms with Crippen LogP contribution < -0.4 is 0 Å². The predicted octanol–water partition coefficient (Wildman–Crippen LogP) is 6.43. The number of aliphatic hydroxyl groups excluding tert-OH is 1. The third kappa shape index (κ3) is 4.23. The van der Waals surface area contributed by atoms with Crippen molar-refractivity contribution in [2.24, 2.45) is 11.8 Å². The van der Waals surface area contributed by atoms with Gasteiger partial charge in [-0.1, -0.05) is 71.8 Å². The Morgan fingerprint density at radius 3 is 1.76 bits per heavy atom. The Bertz CT molecular complexity index is 986. The molecule has 2 heteroatoms. The van der Waals surface area contributed by atoms with Crippen molar-refractivity contribution in [3.63, 3.8) is 0 Å². The van der Waals surface area contributed by atoms with Gasteiger partial charge in [-0.05, 0) is 74.1 Å². The van der Waals surface area contributed by atoms with Crippen LogP contribution >= 0.6 is 0 Å². The zero-order chi connectivity index (χ0) is 20.5. The maximum atomic E-state index is 10.6. The molecule has 29 heavy (non-hydrogen) atoms. The average molecular weight is 387 g/mol. The van der Waals surface area contributed by atoms with Gasteiger partial charge in [-0.3, -0.25) is 0 Å². The molecule has 0 amide bonds. The molecule has 0 saturated heterocycles. The van der Waals surface area contributed by atoms with E-state index in [9.17, 15) is 5.11 Å².